The molecule has 0 radical (unpaired) electrons. The lowest BCUT2D eigenvalue weighted by Crippen LogP contribution is -2.46. The van der Waals surface area contributed by atoms with Crippen LogP contribution in [0.1, 0.15) is 29.7 Å². The molecule has 3 N–H and O–H groups in total. The number of carbonyl (C=O) groups excluding carboxylic acids is 2. The predicted molar refractivity (Wildman–Crippen MR) is 112 cm³/mol. The minimum atomic E-state index is -0.833. The predicted octanol–water partition coefficient (Wildman–Crippen LogP) is 4.24. The van der Waals surface area contributed by atoms with Crippen LogP contribution in [0.4, 0.5) is 16.2 Å². The molecule has 9 heteroatoms. The Kier molecular flexibility index (Phi) is 5.69. The third kappa shape index (κ3) is 4.29. The normalized spacial score (nSPS) is 16.1. The van der Waals surface area contributed by atoms with Gasteiger partial charge in [0.2, 0.25) is 0 Å². The van der Waals surface area contributed by atoms with E-state index in [1.54, 1.807) is 13.0 Å². The fraction of sp³-hybridized carbons (Fsp3) is 0.200. The van der Waals surface area contributed by atoms with Crippen LogP contribution < -0.4 is 16.0 Å². The number of rotatable bonds is 4. The summed E-state index contributed by atoms with van der Waals surface area (Å²) in [6.45, 7) is 5.43. The molecule has 0 bridgehead atoms. The first-order valence-electron chi connectivity index (χ1n) is 8.78. The number of aryl methyl sites for hydroxylation is 2. The van der Waals surface area contributed by atoms with Crippen molar-refractivity contribution < 1.29 is 14.5 Å². The molecule has 0 fully saturated rings. The zero-order valence-electron chi connectivity index (χ0n) is 16.0. The third-order valence-corrected chi connectivity index (χ3v) is 5.33. The van der Waals surface area contributed by atoms with Gasteiger partial charge in [0.15, 0.2) is 0 Å². The molecule has 1 unspecified atom stereocenters. The van der Waals surface area contributed by atoms with Crippen molar-refractivity contribution in [2.45, 2.75) is 26.8 Å². The summed E-state index contributed by atoms with van der Waals surface area (Å²) in [6, 6.07) is 8.89. The Bertz CT molecular complexity index is 1060. The Morgan fingerprint density at radius 1 is 1.17 bits per heavy atom. The van der Waals surface area contributed by atoms with Crippen LogP contribution in [0.25, 0.3) is 0 Å². The smallest absolute Gasteiger partial charge is 0.319 e. The summed E-state index contributed by atoms with van der Waals surface area (Å²) in [5.41, 5.74) is 3.49. The number of carbonyl (C=O) groups is 2. The minimum Gasteiger partial charge on any atom is -0.327 e. The standard InChI is InChI=1S/C20H19BrN4O4/c1-10-4-5-11(2)15(8-10)23-19(26)17-12(3)22-20(27)24-18(17)13-6-7-14(21)16(9-13)25(28)29/h4-9,18H,1-3H3,(H,23,26)(H2,22,24,27). The van der Waals surface area contributed by atoms with Crippen molar-refractivity contribution in [3.8, 4) is 0 Å². The number of halogens is 1. The molecule has 0 spiro atoms. The molecule has 0 aliphatic carbocycles. The Hall–Kier alpha value is -3.20. The molecule has 8 nitrogen and oxygen atoms in total. The molecule has 1 aliphatic rings. The maximum absolute atomic E-state index is 13.1. The molecule has 1 atom stereocenters. The molecule has 1 aliphatic heterocycles. The summed E-state index contributed by atoms with van der Waals surface area (Å²) >= 11 is 3.15. The van der Waals surface area contributed by atoms with E-state index in [1.165, 1.54) is 12.1 Å². The van der Waals surface area contributed by atoms with Gasteiger partial charge in [0.05, 0.1) is 21.0 Å². The van der Waals surface area contributed by atoms with Crippen LogP contribution in [0.5, 0.6) is 0 Å². The van der Waals surface area contributed by atoms with E-state index in [9.17, 15) is 19.7 Å². The number of anilines is 1. The number of nitrogens with zero attached hydrogens (tertiary/aromatic N) is 1. The van der Waals surface area contributed by atoms with Crippen molar-refractivity contribution in [3.63, 3.8) is 0 Å². The summed E-state index contributed by atoms with van der Waals surface area (Å²) in [5.74, 6) is -0.403. The number of allylic oxidation sites excluding steroid dienone is 1. The largest absolute Gasteiger partial charge is 0.327 e. The summed E-state index contributed by atoms with van der Waals surface area (Å²) in [5, 5.41) is 19.5. The molecular weight excluding hydrogens is 440 g/mol. The van der Waals surface area contributed by atoms with Gasteiger partial charge >= 0.3 is 6.03 Å². The highest BCUT2D eigenvalue weighted by molar-refractivity contribution is 9.10. The summed E-state index contributed by atoms with van der Waals surface area (Å²) in [7, 11) is 0. The average molecular weight is 459 g/mol. The summed E-state index contributed by atoms with van der Waals surface area (Å²) in [6.07, 6.45) is 0. The molecule has 0 aromatic heterocycles. The SMILES string of the molecule is CC1=C(C(=O)Nc2cc(C)ccc2C)C(c2ccc(Br)c([N+](=O)[O-])c2)NC(=O)N1. The van der Waals surface area contributed by atoms with Crippen LogP contribution >= 0.6 is 15.9 Å². The zero-order valence-corrected chi connectivity index (χ0v) is 17.6. The minimum absolute atomic E-state index is 0.151. The van der Waals surface area contributed by atoms with Gasteiger partial charge in [0.1, 0.15) is 0 Å². The van der Waals surface area contributed by atoms with E-state index >= 15 is 0 Å². The highest BCUT2D eigenvalue weighted by Gasteiger charge is 2.32. The van der Waals surface area contributed by atoms with Gasteiger partial charge in [0.25, 0.3) is 11.6 Å². The summed E-state index contributed by atoms with van der Waals surface area (Å²) in [4.78, 5) is 35.9. The van der Waals surface area contributed by atoms with Crippen molar-refractivity contribution in [2.24, 2.45) is 0 Å². The molecule has 3 rings (SSSR count). The van der Waals surface area contributed by atoms with Gasteiger partial charge in [-0.3, -0.25) is 14.9 Å². The number of amides is 3. The first kappa shape index (κ1) is 20.5. The second-order valence-corrected chi connectivity index (χ2v) is 7.66. The second-order valence-electron chi connectivity index (χ2n) is 6.81. The van der Waals surface area contributed by atoms with Gasteiger partial charge in [-0.05, 0) is 65.5 Å². The molecule has 1 heterocycles. The first-order chi connectivity index (χ1) is 13.7. The van der Waals surface area contributed by atoms with E-state index in [1.807, 2.05) is 32.0 Å². The zero-order chi connectivity index (χ0) is 21.3. The van der Waals surface area contributed by atoms with E-state index in [2.05, 4.69) is 31.9 Å². The Morgan fingerprint density at radius 2 is 1.90 bits per heavy atom. The lowest BCUT2D eigenvalue weighted by Gasteiger charge is -2.28. The van der Waals surface area contributed by atoms with E-state index in [0.717, 1.165) is 11.1 Å². The van der Waals surface area contributed by atoms with E-state index in [-0.39, 0.29) is 11.3 Å². The van der Waals surface area contributed by atoms with Crippen molar-refractivity contribution in [1.82, 2.24) is 10.6 Å². The van der Waals surface area contributed by atoms with Crippen LogP contribution in [-0.2, 0) is 4.79 Å². The molecule has 150 valence electrons. The quantitative estimate of drug-likeness (QED) is 0.469. The van der Waals surface area contributed by atoms with Crippen LogP contribution in [0.2, 0.25) is 0 Å². The highest BCUT2D eigenvalue weighted by atomic mass is 79.9. The van der Waals surface area contributed by atoms with Gasteiger partial charge in [-0.15, -0.1) is 0 Å². The number of nitro benzene ring substituents is 1. The van der Waals surface area contributed by atoms with Crippen LogP contribution in [0.3, 0.4) is 0 Å². The topological polar surface area (TPSA) is 113 Å². The van der Waals surface area contributed by atoms with Gasteiger partial charge in [0, 0.05) is 17.5 Å². The van der Waals surface area contributed by atoms with Crippen molar-refractivity contribution in [3.05, 3.63) is 78.9 Å². The molecular formula is C20H19BrN4O4. The van der Waals surface area contributed by atoms with Crippen molar-refractivity contribution in [2.75, 3.05) is 5.32 Å². The second kappa shape index (κ2) is 8.04. The number of nitrogens with one attached hydrogen (secondary N) is 3. The Labute approximate surface area is 175 Å². The fourth-order valence-electron chi connectivity index (χ4n) is 3.15. The van der Waals surface area contributed by atoms with E-state index in [4.69, 9.17) is 0 Å². The number of urea groups is 1. The Balaban J connectivity index is 2.02. The highest BCUT2D eigenvalue weighted by Crippen LogP contribution is 2.33. The van der Waals surface area contributed by atoms with Crippen molar-refractivity contribution >= 4 is 39.2 Å². The maximum atomic E-state index is 13.1. The molecule has 29 heavy (non-hydrogen) atoms. The number of hydrogen-bond acceptors (Lipinski definition) is 4. The number of hydrogen-bond donors (Lipinski definition) is 3. The van der Waals surface area contributed by atoms with Crippen LogP contribution in [-0.4, -0.2) is 16.9 Å². The van der Waals surface area contributed by atoms with Crippen LogP contribution in [0.15, 0.2) is 52.1 Å². The molecule has 0 saturated heterocycles. The van der Waals surface area contributed by atoms with Crippen LogP contribution in [0, 0.1) is 24.0 Å². The molecule has 2 aromatic carbocycles. The monoisotopic (exact) mass is 458 g/mol. The number of nitro groups is 1. The average Bonchev–Trinajstić information content (AvgIpc) is 2.64. The van der Waals surface area contributed by atoms with E-state index in [0.29, 0.717) is 21.4 Å². The van der Waals surface area contributed by atoms with E-state index < -0.39 is 22.9 Å². The van der Waals surface area contributed by atoms with Gasteiger partial charge in [-0.1, -0.05) is 18.2 Å². The van der Waals surface area contributed by atoms with Gasteiger partial charge in [-0.2, -0.15) is 0 Å². The Morgan fingerprint density at radius 3 is 2.59 bits per heavy atom. The van der Waals surface area contributed by atoms with Gasteiger partial charge in [-0.25, -0.2) is 4.79 Å². The molecule has 0 saturated carbocycles. The lowest BCUT2D eigenvalue weighted by atomic mass is 9.94. The third-order valence-electron chi connectivity index (χ3n) is 4.66. The number of benzene rings is 2. The maximum Gasteiger partial charge on any atom is 0.319 e. The fourth-order valence-corrected chi connectivity index (χ4v) is 3.55. The van der Waals surface area contributed by atoms with Gasteiger partial charge < -0.3 is 16.0 Å². The lowest BCUT2D eigenvalue weighted by molar-refractivity contribution is -0.385. The molecule has 2 aromatic rings. The molecule has 3 amide bonds. The summed E-state index contributed by atoms with van der Waals surface area (Å²) < 4.78 is 0.314. The first-order valence-corrected chi connectivity index (χ1v) is 9.57. The van der Waals surface area contributed by atoms with Crippen molar-refractivity contribution in [1.29, 1.82) is 0 Å².